The van der Waals surface area contributed by atoms with Gasteiger partial charge in [-0.1, -0.05) is 22.9 Å². The van der Waals surface area contributed by atoms with Crippen LogP contribution in [0.25, 0.3) is 0 Å². The van der Waals surface area contributed by atoms with Crippen LogP contribution >= 0.6 is 15.9 Å². The van der Waals surface area contributed by atoms with Crippen LogP contribution in [0, 0.1) is 0 Å². The van der Waals surface area contributed by atoms with Crippen LogP contribution in [0.5, 0.6) is 5.75 Å². The molecule has 0 aliphatic carbocycles. The molecule has 0 spiro atoms. The average Bonchev–Trinajstić information content (AvgIpc) is 3.01. The first kappa shape index (κ1) is 16.3. The van der Waals surface area contributed by atoms with Crippen LogP contribution in [0.4, 0.5) is 0 Å². The summed E-state index contributed by atoms with van der Waals surface area (Å²) in [5, 5.41) is 3.29. The lowest BCUT2D eigenvalue weighted by molar-refractivity contribution is -0.136. The molecule has 1 amide bonds. The zero-order chi connectivity index (χ0) is 15.2. The highest BCUT2D eigenvalue weighted by Crippen LogP contribution is 2.24. The summed E-state index contributed by atoms with van der Waals surface area (Å²) in [6, 6.07) is 5.85. The summed E-state index contributed by atoms with van der Waals surface area (Å²) in [4.78, 5) is 14.1. The summed E-state index contributed by atoms with van der Waals surface area (Å²) in [6.07, 6.45) is 1.77. The summed E-state index contributed by atoms with van der Waals surface area (Å²) >= 11 is 3.54. The molecule has 0 saturated carbocycles. The third-order valence-corrected chi connectivity index (χ3v) is 4.43. The molecule has 2 rings (SSSR count). The maximum absolute atomic E-state index is 12.3. The molecule has 1 aromatic rings. The van der Waals surface area contributed by atoms with Crippen molar-refractivity contribution in [3.8, 4) is 5.75 Å². The van der Waals surface area contributed by atoms with E-state index in [2.05, 4.69) is 28.2 Å². The lowest BCUT2D eigenvalue weighted by Gasteiger charge is -2.21. The van der Waals surface area contributed by atoms with Crippen molar-refractivity contribution in [3.63, 3.8) is 0 Å². The molecule has 5 heteroatoms. The third-order valence-electron chi connectivity index (χ3n) is 3.66. The number of ether oxygens (including phenoxy) is 1. The largest absolute Gasteiger partial charge is 0.481 e. The van der Waals surface area contributed by atoms with Crippen molar-refractivity contribution >= 4 is 21.8 Å². The molecule has 1 aliphatic heterocycles. The van der Waals surface area contributed by atoms with Gasteiger partial charge in [0.1, 0.15) is 5.75 Å². The van der Waals surface area contributed by atoms with Crippen LogP contribution in [0.3, 0.4) is 0 Å². The highest BCUT2D eigenvalue weighted by Gasteiger charge is 2.24. The van der Waals surface area contributed by atoms with E-state index in [9.17, 15) is 4.79 Å². The van der Waals surface area contributed by atoms with Crippen LogP contribution in [-0.4, -0.2) is 36.5 Å². The Hall–Kier alpha value is -1.07. The smallest absolute Gasteiger partial charge is 0.263 e. The predicted octanol–water partition coefficient (Wildman–Crippen LogP) is 2.95. The number of carbonyl (C=O) groups is 1. The van der Waals surface area contributed by atoms with Crippen LogP contribution in [0.15, 0.2) is 22.7 Å². The minimum atomic E-state index is -0.434. The molecule has 4 nitrogen and oxygen atoms in total. The van der Waals surface area contributed by atoms with Crippen LogP contribution in [0.1, 0.15) is 32.3 Å². The van der Waals surface area contributed by atoms with Gasteiger partial charge in [-0.2, -0.15) is 0 Å². The maximum atomic E-state index is 12.3. The highest BCUT2D eigenvalue weighted by atomic mass is 79.9. The van der Waals surface area contributed by atoms with Crippen LogP contribution in [-0.2, 0) is 11.3 Å². The lowest BCUT2D eigenvalue weighted by atomic mass is 10.2. The molecule has 1 fully saturated rings. The van der Waals surface area contributed by atoms with Crippen LogP contribution < -0.4 is 10.1 Å². The van der Waals surface area contributed by atoms with E-state index < -0.39 is 6.10 Å². The first-order valence-electron chi connectivity index (χ1n) is 7.56. The van der Waals surface area contributed by atoms with Gasteiger partial charge in [0, 0.05) is 24.1 Å². The molecule has 1 N–H and O–H groups in total. The van der Waals surface area contributed by atoms with E-state index in [0.29, 0.717) is 0 Å². The number of halogens is 1. The molecule has 1 saturated heterocycles. The predicted molar refractivity (Wildman–Crippen MR) is 87.4 cm³/mol. The van der Waals surface area contributed by atoms with Gasteiger partial charge in [0.15, 0.2) is 6.10 Å². The average molecular weight is 355 g/mol. The highest BCUT2D eigenvalue weighted by molar-refractivity contribution is 9.10. The van der Waals surface area contributed by atoms with Crippen LogP contribution in [0.2, 0.25) is 0 Å². The number of nitrogens with one attached hydrogen (secondary N) is 1. The van der Waals surface area contributed by atoms with Gasteiger partial charge in [0.05, 0.1) is 0 Å². The molecule has 1 aliphatic rings. The fraction of sp³-hybridized carbons (Fsp3) is 0.562. The zero-order valence-electron chi connectivity index (χ0n) is 12.7. The third kappa shape index (κ3) is 4.45. The van der Waals surface area contributed by atoms with Crippen molar-refractivity contribution in [1.82, 2.24) is 10.2 Å². The molecule has 116 valence electrons. The molecule has 1 aromatic carbocycles. The van der Waals surface area contributed by atoms with E-state index in [1.54, 1.807) is 0 Å². The van der Waals surface area contributed by atoms with E-state index in [-0.39, 0.29) is 5.91 Å². The molecule has 21 heavy (non-hydrogen) atoms. The number of benzene rings is 1. The Kier molecular flexibility index (Phi) is 6.06. The molecule has 1 atom stereocenters. The van der Waals surface area contributed by atoms with Crippen molar-refractivity contribution in [2.24, 2.45) is 0 Å². The van der Waals surface area contributed by atoms with Gasteiger partial charge < -0.3 is 15.0 Å². The van der Waals surface area contributed by atoms with E-state index in [4.69, 9.17) is 4.74 Å². The van der Waals surface area contributed by atoms with E-state index in [0.717, 1.165) is 54.8 Å². The van der Waals surface area contributed by atoms with E-state index in [1.807, 2.05) is 30.0 Å². The van der Waals surface area contributed by atoms with Gasteiger partial charge in [-0.05, 0) is 50.1 Å². The van der Waals surface area contributed by atoms with Crippen molar-refractivity contribution in [3.05, 3.63) is 28.2 Å². The summed E-state index contributed by atoms with van der Waals surface area (Å²) in [6.45, 7) is 7.32. The Morgan fingerprint density at radius 2 is 2.14 bits per heavy atom. The molecule has 1 heterocycles. The van der Waals surface area contributed by atoms with Crippen molar-refractivity contribution < 1.29 is 9.53 Å². The van der Waals surface area contributed by atoms with Crippen molar-refractivity contribution in [2.45, 2.75) is 39.3 Å². The summed E-state index contributed by atoms with van der Waals surface area (Å²) in [5.74, 6) is 0.829. The number of hydrogen-bond acceptors (Lipinski definition) is 3. The molecule has 1 unspecified atom stereocenters. The number of amides is 1. The normalized spacial score (nSPS) is 16.0. The molecule has 0 bridgehead atoms. The fourth-order valence-electron chi connectivity index (χ4n) is 2.47. The second-order valence-corrected chi connectivity index (χ2v) is 6.18. The second-order valence-electron chi connectivity index (χ2n) is 5.33. The number of hydrogen-bond donors (Lipinski definition) is 1. The second kappa shape index (κ2) is 7.80. The first-order valence-corrected chi connectivity index (χ1v) is 8.35. The summed E-state index contributed by atoms with van der Waals surface area (Å²) < 4.78 is 6.87. The van der Waals surface area contributed by atoms with Gasteiger partial charge in [-0.3, -0.25) is 4.79 Å². The number of carbonyl (C=O) groups excluding carboxylic acids is 1. The molecular weight excluding hydrogens is 332 g/mol. The zero-order valence-corrected chi connectivity index (χ0v) is 14.3. The van der Waals surface area contributed by atoms with E-state index in [1.165, 1.54) is 0 Å². The Morgan fingerprint density at radius 1 is 1.43 bits per heavy atom. The monoisotopic (exact) mass is 354 g/mol. The Balaban J connectivity index is 1.99. The maximum Gasteiger partial charge on any atom is 0.263 e. The first-order chi connectivity index (χ1) is 10.1. The van der Waals surface area contributed by atoms with Gasteiger partial charge in [-0.15, -0.1) is 0 Å². The number of likely N-dealkylation sites (tertiary alicyclic amines) is 1. The standard InChI is InChI=1S/C16H23BrN2O2/c1-3-18-11-13-10-14(6-7-15(13)17)21-12(2)16(20)19-8-4-5-9-19/h6-7,10,12,18H,3-5,8-9,11H2,1-2H3. The minimum absolute atomic E-state index is 0.0867. The van der Waals surface area contributed by atoms with Gasteiger partial charge >= 0.3 is 0 Å². The lowest BCUT2D eigenvalue weighted by Crippen LogP contribution is -2.38. The van der Waals surface area contributed by atoms with E-state index >= 15 is 0 Å². The Bertz CT molecular complexity index is 487. The van der Waals surface area contributed by atoms with Crippen molar-refractivity contribution in [2.75, 3.05) is 19.6 Å². The summed E-state index contributed by atoms with van der Waals surface area (Å²) in [5.41, 5.74) is 1.13. The molecule has 0 aromatic heterocycles. The molecule has 0 radical (unpaired) electrons. The van der Waals surface area contributed by atoms with Gasteiger partial charge in [0.2, 0.25) is 0 Å². The SMILES string of the molecule is CCNCc1cc(OC(C)C(=O)N2CCCC2)ccc1Br. The number of rotatable bonds is 6. The Morgan fingerprint density at radius 3 is 2.81 bits per heavy atom. The topological polar surface area (TPSA) is 41.6 Å². The van der Waals surface area contributed by atoms with Gasteiger partial charge in [0.25, 0.3) is 5.91 Å². The van der Waals surface area contributed by atoms with Gasteiger partial charge in [-0.25, -0.2) is 0 Å². The Labute approximate surface area is 135 Å². The summed E-state index contributed by atoms with van der Waals surface area (Å²) in [7, 11) is 0. The molecular formula is C16H23BrN2O2. The fourth-order valence-corrected chi connectivity index (χ4v) is 2.86. The van der Waals surface area contributed by atoms with Crippen molar-refractivity contribution in [1.29, 1.82) is 0 Å². The quantitative estimate of drug-likeness (QED) is 0.853. The number of nitrogens with zero attached hydrogens (tertiary/aromatic N) is 1. The minimum Gasteiger partial charge on any atom is -0.481 e.